The van der Waals surface area contributed by atoms with Crippen LogP contribution < -0.4 is 15.5 Å². The molecule has 1 aliphatic heterocycles. The molecule has 1 aromatic heterocycles. The van der Waals surface area contributed by atoms with Crippen LogP contribution >= 0.6 is 0 Å². The third-order valence-corrected chi connectivity index (χ3v) is 4.88. The van der Waals surface area contributed by atoms with Gasteiger partial charge in [0.1, 0.15) is 5.69 Å². The van der Waals surface area contributed by atoms with Crippen LogP contribution in [0.3, 0.4) is 0 Å². The zero-order valence-corrected chi connectivity index (χ0v) is 15.7. The minimum atomic E-state index is -0.564. The zero-order valence-electron chi connectivity index (χ0n) is 15.7. The number of hydrogen-bond donors (Lipinski definition) is 1. The third-order valence-electron chi connectivity index (χ3n) is 4.88. The molecular formula is C19H23BN2O4. The van der Waals surface area contributed by atoms with E-state index in [9.17, 15) is 4.79 Å². The van der Waals surface area contributed by atoms with Crippen molar-refractivity contribution in [3.05, 3.63) is 48.2 Å². The Morgan fingerprint density at radius 2 is 1.73 bits per heavy atom. The molecule has 1 N–H and O–H groups in total. The van der Waals surface area contributed by atoms with Crippen LogP contribution in [-0.4, -0.2) is 36.3 Å². The second-order valence-corrected chi connectivity index (χ2v) is 7.23. The van der Waals surface area contributed by atoms with Gasteiger partial charge in [0.2, 0.25) is 5.88 Å². The molecule has 0 spiro atoms. The molecule has 0 unspecified atom stereocenters. The molecule has 1 fully saturated rings. The Hall–Kier alpha value is -2.38. The maximum Gasteiger partial charge on any atom is 0.496 e. The molecule has 1 saturated heterocycles. The van der Waals surface area contributed by atoms with E-state index in [-0.39, 0.29) is 5.91 Å². The van der Waals surface area contributed by atoms with Gasteiger partial charge in [-0.05, 0) is 45.9 Å². The van der Waals surface area contributed by atoms with Gasteiger partial charge in [0.05, 0.1) is 18.3 Å². The van der Waals surface area contributed by atoms with E-state index in [1.807, 2.05) is 45.9 Å². The number of aromatic nitrogens is 1. The fourth-order valence-corrected chi connectivity index (χ4v) is 2.61. The zero-order chi connectivity index (χ0) is 18.9. The van der Waals surface area contributed by atoms with Gasteiger partial charge in [-0.2, -0.15) is 0 Å². The SMILES string of the molecule is COc1ncc(B2OC(C)(C)C(C)(C)O2)cc1NC(=O)c1ccccc1. The molecule has 0 atom stereocenters. The molecule has 2 aromatic rings. The Balaban J connectivity index is 1.87. The van der Waals surface area contributed by atoms with Crippen LogP contribution in [0.2, 0.25) is 0 Å². The van der Waals surface area contributed by atoms with Gasteiger partial charge in [-0.25, -0.2) is 4.98 Å². The highest BCUT2D eigenvalue weighted by atomic mass is 16.7. The number of benzene rings is 1. The van der Waals surface area contributed by atoms with E-state index in [4.69, 9.17) is 14.0 Å². The standard InChI is InChI=1S/C19H23BN2O4/c1-18(2)19(3,4)26-20(25-18)14-11-15(17(24-5)21-12-14)22-16(23)13-9-7-6-8-10-13/h6-12H,1-5H3,(H,22,23). The summed E-state index contributed by atoms with van der Waals surface area (Å²) in [6.07, 6.45) is 1.64. The highest BCUT2D eigenvalue weighted by Gasteiger charge is 2.51. The van der Waals surface area contributed by atoms with Crippen molar-refractivity contribution in [2.24, 2.45) is 0 Å². The second-order valence-electron chi connectivity index (χ2n) is 7.23. The van der Waals surface area contributed by atoms with Gasteiger partial charge in [-0.15, -0.1) is 0 Å². The average Bonchev–Trinajstić information content (AvgIpc) is 2.83. The summed E-state index contributed by atoms with van der Waals surface area (Å²) in [6.45, 7) is 7.95. The van der Waals surface area contributed by atoms with Crippen molar-refractivity contribution in [2.75, 3.05) is 12.4 Å². The van der Waals surface area contributed by atoms with Crippen molar-refractivity contribution in [1.29, 1.82) is 0 Å². The largest absolute Gasteiger partial charge is 0.496 e. The number of rotatable bonds is 4. The number of carbonyl (C=O) groups is 1. The predicted molar refractivity (Wildman–Crippen MR) is 101 cm³/mol. The molecule has 0 saturated carbocycles. The number of amides is 1. The third kappa shape index (κ3) is 3.45. The molecule has 1 aromatic carbocycles. The minimum Gasteiger partial charge on any atom is -0.480 e. The normalized spacial score (nSPS) is 17.8. The first-order valence-electron chi connectivity index (χ1n) is 8.49. The Morgan fingerprint density at radius 3 is 2.31 bits per heavy atom. The molecule has 0 aliphatic carbocycles. The number of ether oxygens (including phenoxy) is 1. The van der Waals surface area contributed by atoms with E-state index >= 15 is 0 Å². The molecule has 7 heteroatoms. The molecule has 3 rings (SSSR count). The average molecular weight is 354 g/mol. The van der Waals surface area contributed by atoms with E-state index in [0.29, 0.717) is 22.6 Å². The number of methoxy groups -OCH3 is 1. The van der Waals surface area contributed by atoms with Crippen molar-refractivity contribution < 1.29 is 18.8 Å². The van der Waals surface area contributed by atoms with Crippen LogP contribution in [0.15, 0.2) is 42.6 Å². The quantitative estimate of drug-likeness (QED) is 0.855. The second kappa shape index (κ2) is 6.74. The topological polar surface area (TPSA) is 69.7 Å². The van der Waals surface area contributed by atoms with E-state index in [0.717, 1.165) is 0 Å². The first kappa shape index (κ1) is 18.4. The Labute approximate surface area is 154 Å². The van der Waals surface area contributed by atoms with Gasteiger partial charge in [-0.3, -0.25) is 4.79 Å². The summed E-state index contributed by atoms with van der Waals surface area (Å²) in [5.74, 6) is 0.0892. The monoisotopic (exact) mass is 354 g/mol. The van der Waals surface area contributed by atoms with Crippen molar-refractivity contribution in [3.8, 4) is 5.88 Å². The van der Waals surface area contributed by atoms with Crippen molar-refractivity contribution in [1.82, 2.24) is 4.98 Å². The molecule has 26 heavy (non-hydrogen) atoms. The number of nitrogens with one attached hydrogen (secondary N) is 1. The van der Waals surface area contributed by atoms with E-state index in [2.05, 4.69) is 10.3 Å². The lowest BCUT2D eigenvalue weighted by Gasteiger charge is -2.32. The summed E-state index contributed by atoms with van der Waals surface area (Å²) in [4.78, 5) is 16.8. The predicted octanol–water partition coefficient (Wildman–Crippen LogP) is 2.64. The lowest BCUT2D eigenvalue weighted by Crippen LogP contribution is -2.41. The molecule has 1 aliphatic rings. The molecule has 136 valence electrons. The van der Waals surface area contributed by atoms with E-state index < -0.39 is 18.3 Å². The fourth-order valence-electron chi connectivity index (χ4n) is 2.61. The summed E-state index contributed by atoms with van der Waals surface area (Å²) in [7, 11) is 0.945. The molecule has 2 heterocycles. The number of carbonyl (C=O) groups excluding carboxylic acids is 1. The lowest BCUT2D eigenvalue weighted by molar-refractivity contribution is 0.00578. The van der Waals surface area contributed by atoms with Gasteiger partial charge >= 0.3 is 7.12 Å². The maximum atomic E-state index is 12.5. The first-order chi connectivity index (χ1) is 12.2. The van der Waals surface area contributed by atoms with Crippen LogP contribution in [0.5, 0.6) is 5.88 Å². The van der Waals surface area contributed by atoms with E-state index in [1.54, 1.807) is 24.4 Å². The molecule has 0 radical (unpaired) electrons. The number of hydrogen-bond acceptors (Lipinski definition) is 5. The van der Waals surface area contributed by atoms with Crippen LogP contribution in [0.1, 0.15) is 38.1 Å². The molecular weight excluding hydrogens is 331 g/mol. The summed E-state index contributed by atoms with van der Waals surface area (Å²) < 4.78 is 17.4. The highest BCUT2D eigenvalue weighted by molar-refractivity contribution is 6.62. The first-order valence-corrected chi connectivity index (χ1v) is 8.49. The van der Waals surface area contributed by atoms with Gasteiger partial charge in [-0.1, -0.05) is 18.2 Å². The van der Waals surface area contributed by atoms with Gasteiger partial charge in [0.25, 0.3) is 5.91 Å². The maximum absolute atomic E-state index is 12.5. The van der Waals surface area contributed by atoms with Gasteiger partial charge in [0.15, 0.2) is 0 Å². The van der Waals surface area contributed by atoms with Gasteiger partial charge < -0.3 is 19.4 Å². The Morgan fingerprint density at radius 1 is 1.12 bits per heavy atom. The number of pyridine rings is 1. The number of anilines is 1. The molecule has 0 bridgehead atoms. The summed E-state index contributed by atoms with van der Waals surface area (Å²) >= 11 is 0. The summed E-state index contributed by atoms with van der Waals surface area (Å²) in [5.41, 5.74) is 0.827. The molecule has 6 nitrogen and oxygen atoms in total. The van der Waals surface area contributed by atoms with Crippen molar-refractivity contribution >= 4 is 24.2 Å². The van der Waals surface area contributed by atoms with Crippen LogP contribution in [-0.2, 0) is 9.31 Å². The van der Waals surface area contributed by atoms with Crippen molar-refractivity contribution in [3.63, 3.8) is 0 Å². The number of nitrogens with zero attached hydrogens (tertiary/aromatic N) is 1. The smallest absolute Gasteiger partial charge is 0.480 e. The molecule has 1 amide bonds. The van der Waals surface area contributed by atoms with Gasteiger partial charge in [0, 0.05) is 17.2 Å². The summed E-state index contributed by atoms with van der Waals surface area (Å²) in [5, 5.41) is 2.85. The van der Waals surface area contributed by atoms with Crippen LogP contribution in [0, 0.1) is 0 Å². The Bertz CT molecular complexity index is 792. The van der Waals surface area contributed by atoms with Crippen LogP contribution in [0.4, 0.5) is 5.69 Å². The summed E-state index contributed by atoms with van der Waals surface area (Å²) in [6, 6.07) is 10.7. The van der Waals surface area contributed by atoms with Crippen molar-refractivity contribution in [2.45, 2.75) is 38.9 Å². The minimum absolute atomic E-state index is 0.239. The highest BCUT2D eigenvalue weighted by Crippen LogP contribution is 2.36. The van der Waals surface area contributed by atoms with Crippen LogP contribution in [0.25, 0.3) is 0 Å². The fraction of sp³-hybridized carbons (Fsp3) is 0.368. The Kier molecular flexibility index (Phi) is 4.77. The lowest BCUT2D eigenvalue weighted by atomic mass is 9.80. The van der Waals surface area contributed by atoms with E-state index in [1.165, 1.54) is 7.11 Å².